The molecule has 6 heteroatoms. The van der Waals surface area contributed by atoms with Gasteiger partial charge < -0.3 is 23.5 Å². The molecule has 0 amide bonds. The molecule has 5 heterocycles. The summed E-state index contributed by atoms with van der Waals surface area (Å²) < 4.78 is 7.61. The fourth-order valence-electron chi connectivity index (χ4n) is 18.9. The van der Waals surface area contributed by atoms with Gasteiger partial charge in [-0.3, -0.25) is 0 Å². The van der Waals surface area contributed by atoms with Crippen molar-refractivity contribution in [1.29, 1.82) is 0 Å². The Morgan fingerprint density at radius 3 is 0.871 bits per heavy atom. The Labute approximate surface area is 683 Å². The molecule has 0 unspecified atom stereocenters. The minimum Gasteiger partial charge on any atom is -0.310 e. The quantitative estimate of drug-likeness (QED) is 0.134. The van der Waals surface area contributed by atoms with E-state index in [1.807, 2.05) is 0 Å². The van der Waals surface area contributed by atoms with E-state index in [1.165, 1.54) is 115 Å². The number of hydrogen-bond donors (Lipinski definition) is 0. The van der Waals surface area contributed by atoms with Crippen LogP contribution in [0.2, 0.25) is 0 Å². The van der Waals surface area contributed by atoms with Crippen LogP contribution in [0.5, 0.6) is 0 Å². The SMILES string of the molecule is CC(C)(C)c1cc(-c2ccccc2)c(N2c3cc(-n4c5ccc(C(C)(C)C)cc5c5cc(C(C)(C)C)ccc54)ccc3B3c4ccc(-n5c6ccccc6c6cc7c8ccccc8n(-c8ccccc8)c7cc65)cc4N(c4c(-c5ccccc5)cc(C(C)(C)C)cc4-c4ccccc4)c4cc(C(C)(C)C)cc2c43)c(-c2ccccc2)c1. The van der Waals surface area contributed by atoms with E-state index in [0.29, 0.717) is 0 Å². The van der Waals surface area contributed by atoms with Crippen molar-refractivity contribution in [3.63, 3.8) is 0 Å². The van der Waals surface area contributed by atoms with Gasteiger partial charge in [-0.25, -0.2) is 0 Å². The van der Waals surface area contributed by atoms with Gasteiger partial charge in [0, 0.05) is 94.4 Å². The Balaban J connectivity index is 0.964. The highest BCUT2D eigenvalue weighted by Gasteiger charge is 2.47. The van der Waals surface area contributed by atoms with Gasteiger partial charge in [-0.15, -0.1) is 0 Å². The van der Waals surface area contributed by atoms with Gasteiger partial charge in [0.05, 0.1) is 44.5 Å². The number of nitrogens with zero attached hydrogens (tertiary/aromatic N) is 5. The molecule has 2 aliphatic rings. The predicted molar refractivity (Wildman–Crippen MR) is 499 cm³/mol. The maximum Gasteiger partial charge on any atom is 0.252 e. The second-order valence-electron chi connectivity index (χ2n) is 37.8. The first kappa shape index (κ1) is 72.3. The fraction of sp³-hybridized carbons (Fsp3) is 0.182. The molecule has 0 saturated carbocycles. The molecule has 0 fully saturated rings. The van der Waals surface area contributed by atoms with E-state index >= 15 is 0 Å². The second kappa shape index (κ2) is 26.5. The predicted octanol–water partition coefficient (Wildman–Crippen LogP) is 28.2. The van der Waals surface area contributed by atoms with Gasteiger partial charge >= 0.3 is 0 Å². The van der Waals surface area contributed by atoms with Crippen molar-refractivity contribution < 1.29 is 0 Å². The van der Waals surface area contributed by atoms with Crippen LogP contribution in [0, 0.1) is 0 Å². The third-order valence-electron chi connectivity index (χ3n) is 25.1. The Bertz CT molecular complexity index is 6810. The normalized spacial score (nSPS) is 13.2. The summed E-state index contributed by atoms with van der Waals surface area (Å²) in [5.74, 6) is 0. The van der Waals surface area contributed by atoms with Crippen LogP contribution in [-0.4, -0.2) is 20.4 Å². The van der Waals surface area contributed by atoms with Crippen LogP contribution in [0.1, 0.15) is 132 Å². The first-order valence-corrected chi connectivity index (χ1v) is 41.5. The summed E-state index contributed by atoms with van der Waals surface area (Å²) in [6, 6.07) is 124. The Kier molecular flexibility index (Phi) is 16.5. The van der Waals surface area contributed by atoms with Crippen LogP contribution in [0.4, 0.5) is 34.1 Å². The van der Waals surface area contributed by atoms with Crippen LogP contribution in [0.15, 0.2) is 322 Å². The Morgan fingerprint density at radius 1 is 0.207 bits per heavy atom. The summed E-state index contributed by atoms with van der Waals surface area (Å²) in [7, 11) is 0. The summed E-state index contributed by atoms with van der Waals surface area (Å²) in [4.78, 5) is 5.51. The number of fused-ring (bicyclic) bond motifs is 13. The third-order valence-corrected chi connectivity index (χ3v) is 25.1. The molecule has 0 N–H and O–H groups in total. The van der Waals surface area contributed by atoms with Crippen molar-refractivity contribution in [3.8, 4) is 61.6 Å². The summed E-state index contributed by atoms with van der Waals surface area (Å²) in [6.07, 6.45) is 0. The molecule has 0 radical (unpaired) electrons. The lowest BCUT2D eigenvalue weighted by molar-refractivity contribution is 0.590. The van der Waals surface area contributed by atoms with Gasteiger partial charge in [-0.2, -0.15) is 0 Å². The molecule has 0 atom stereocenters. The van der Waals surface area contributed by atoms with Crippen molar-refractivity contribution in [1.82, 2.24) is 13.7 Å². The second-order valence-corrected chi connectivity index (χ2v) is 37.8. The molecular formula is C110H98BN5. The van der Waals surface area contributed by atoms with E-state index in [2.05, 4.69) is 449 Å². The molecule has 15 aromatic carbocycles. The van der Waals surface area contributed by atoms with E-state index in [9.17, 15) is 0 Å². The third kappa shape index (κ3) is 11.7. The number of aromatic nitrogens is 3. The molecule has 2 aliphatic heterocycles. The largest absolute Gasteiger partial charge is 0.310 e. The van der Waals surface area contributed by atoms with Gasteiger partial charge in [-0.1, -0.05) is 304 Å². The van der Waals surface area contributed by atoms with E-state index in [-0.39, 0.29) is 33.8 Å². The number of benzene rings is 15. The highest BCUT2D eigenvalue weighted by molar-refractivity contribution is 7.00. The first-order valence-electron chi connectivity index (χ1n) is 41.5. The van der Waals surface area contributed by atoms with Crippen LogP contribution >= 0.6 is 0 Å². The van der Waals surface area contributed by atoms with E-state index in [1.54, 1.807) is 0 Å². The Morgan fingerprint density at radius 2 is 0.509 bits per heavy atom. The van der Waals surface area contributed by atoms with Crippen LogP contribution < -0.4 is 26.2 Å². The summed E-state index contributed by atoms with van der Waals surface area (Å²) in [6.45, 7) is 35.2. The zero-order valence-electron chi connectivity index (χ0n) is 69.4. The molecular weight excluding hydrogens is 1400 g/mol. The molecule has 0 bridgehead atoms. The standard InChI is InChI=1S/C110H98BN5/c1-106(2,3)73-49-55-95-87(57-73)88-58-74(107(4,5)6)50-56-96(88)113(95)79-51-53-91-99(65-79)115(104-83(69-35-21-16-22-36-69)59-75(108(7,8)9)60-84(104)70-37-23-17-24-38-70)101-63-77(110(13,14)15)64-102-103(101)111(91)92-54-52-80(66-100(92)116(102)105-85(71-39-25-18-26-40-71)61-76(109(10,11)12)62-86(105)72-41-27-19-28-42-72)114-94-48-34-32-46-82(94)90-67-89-81-45-31-33-47-93(81)112(97(89)68-98(90)114)78-43-29-20-30-44-78/h16-68H,1-15H3. The summed E-state index contributed by atoms with van der Waals surface area (Å²) >= 11 is 0. The summed E-state index contributed by atoms with van der Waals surface area (Å²) in [5.41, 5.74) is 35.6. The molecule has 18 aromatic rings. The van der Waals surface area contributed by atoms with Crippen LogP contribution in [0.3, 0.4) is 0 Å². The van der Waals surface area contributed by atoms with E-state index < -0.39 is 0 Å². The van der Waals surface area contributed by atoms with Crippen molar-refractivity contribution in [2.45, 2.75) is 131 Å². The number of hydrogen-bond acceptors (Lipinski definition) is 2. The van der Waals surface area contributed by atoms with Gasteiger partial charge in [0.2, 0.25) is 0 Å². The highest BCUT2D eigenvalue weighted by atomic mass is 15.2. The average Bonchev–Trinajstić information content (AvgIpc) is 0.833. The minimum atomic E-state index is -0.360. The maximum absolute atomic E-state index is 2.76. The van der Waals surface area contributed by atoms with Gasteiger partial charge in [0.15, 0.2) is 0 Å². The lowest BCUT2D eigenvalue weighted by Crippen LogP contribution is -2.61. The smallest absolute Gasteiger partial charge is 0.252 e. The van der Waals surface area contributed by atoms with E-state index in [0.717, 1.165) is 90.0 Å². The average molecular weight is 1500 g/mol. The van der Waals surface area contributed by atoms with Crippen molar-refractivity contribution in [2.24, 2.45) is 0 Å². The Hall–Kier alpha value is -12.6. The van der Waals surface area contributed by atoms with Crippen molar-refractivity contribution in [2.75, 3.05) is 9.80 Å². The zero-order valence-corrected chi connectivity index (χ0v) is 69.4. The number of rotatable bonds is 9. The monoisotopic (exact) mass is 1500 g/mol. The molecule has 20 rings (SSSR count). The van der Waals surface area contributed by atoms with E-state index in [4.69, 9.17) is 0 Å². The first-order chi connectivity index (χ1) is 55.7. The lowest BCUT2D eigenvalue weighted by Gasteiger charge is -2.47. The van der Waals surface area contributed by atoms with Crippen molar-refractivity contribution in [3.05, 3.63) is 349 Å². The molecule has 3 aromatic heterocycles. The maximum atomic E-state index is 2.76. The van der Waals surface area contributed by atoms with Gasteiger partial charge in [0.25, 0.3) is 6.71 Å². The molecule has 0 spiro atoms. The highest BCUT2D eigenvalue weighted by Crippen LogP contribution is 2.56. The minimum absolute atomic E-state index is 0.0693. The number of para-hydroxylation sites is 3. The fourth-order valence-corrected chi connectivity index (χ4v) is 18.9. The van der Waals surface area contributed by atoms with Crippen LogP contribution in [0.25, 0.3) is 127 Å². The zero-order chi connectivity index (χ0) is 79.8. The van der Waals surface area contributed by atoms with Crippen LogP contribution in [-0.2, 0) is 27.1 Å². The van der Waals surface area contributed by atoms with Gasteiger partial charge in [0.1, 0.15) is 0 Å². The molecule has 566 valence electrons. The molecule has 0 saturated heterocycles. The number of anilines is 6. The molecule has 116 heavy (non-hydrogen) atoms. The van der Waals surface area contributed by atoms with Gasteiger partial charge in [-0.05, 0) is 215 Å². The lowest BCUT2D eigenvalue weighted by atomic mass is 9.33. The molecule has 5 nitrogen and oxygen atoms in total. The topological polar surface area (TPSA) is 21.3 Å². The van der Waals surface area contributed by atoms with Crippen molar-refractivity contribution >= 4 is 123 Å². The summed E-state index contributed by atoms with van der Waals surface area (Å²) in [5, 5.41) is 7.40. The molecule has 0 aliphatic carbocycles.